The summed E-state index contributed by atoms with van der Waals surface area (Å²) in [5.74, 6) is 0.619. The molecule has 0 atom stereocenters. The lowest BCUT2D eigenvalue weighted by Gasteiger charge is -2.05. The van der Waals surface area contributed by atoms with Gasteiger partial charge in [-0.2, -0.15) is 5.26 Å². The fraction of sp³-hybridized carbons (Fsp3) is 0. The SMILES string of the molecule is N#C/C(=C\c1ccc(-c2ccc(Br)cc2)o1)C(=O)Nc1ccc2ccccc2c1. The van der Waals surface area contributed by atoms with Crippen LogP contribution in [0.1, 0.15) is 5.76 Å². The Labute approximate surface area is 176 Å². The third kappa shape index (κ3) is 4.29. The topological polar surface area (TPSA) is 66.0 Å². The van der Waals surface area contributed by atoms with Crippen molar-refractivity contribution < 1.29 is 9.21 Å². The molecule has 1 N–H and O–H groups in total. The Kier molecular flexibility index (Phi) is 5.28. The number of anilines is 1. The normalized spacial score (nSPS) is 11.2. The predicted molar refractivity (Wildman–Crippen MR) is 118 cm³/mol. The van der Waals surface area contributed by atoms with E-state index < -0.39 is 5.91 Å². The second-order valence-electron chi connectivity index (χ2n) is 6.39. The van der Waals surface area contributed by atoms with Gasteiger partial charge in [-0.25, -0.2) is 0 Å². The van der Waals surface area contributed by atoms with Crippen molar-refractivity contribution in [2.45, 2.75) is 0 Å². The van der Waals surface area contributed by atoms with Crippen molar-refractivity contribution in [3.63, 3.8) is 0 Å². The molecule has 4 aromatic rings. The average molecular weight is 443 g/mol. The first-order valence-corrected chi connectivity index (χ1v) is 9.69. The van der Waals surface area contributed by atoms with Gasteiger partial charge in [0.15, 0.2) is 0 Å². The molecule has 0 saturated heterocycles. The molecule has 1 aromatic heterocycles. The number of nitrogens with one attached hydrogen (secondary N) is 1. The molecule has 3 aromatic carbocycles. The van der Waals surface area contributed by atoms with Crippen molar-refractivity contribution in [1.82, 2.24) is 0 Å². The lowest BCUT2D eigenvalue weighted by Crippen LogP contribution is -2.13. The molecule has 0 aliphatic carbocycles. The van der Waals surface area contributed by atoms with E-state index in [1.807, 2.05) is 78.9 Å². The molecule has 0 aliphatic heterocycles. The zero-order valence-corrected chi connectivity index (χ0v) is 16.8. The van der Waals surface area contributed by atoms with E-state index in [1.165, 1.54) is 6.08 Å². The first-order chi connectivity index (χ1) is 14.1. The number of nitriles is 1. The number of nitrogens with zero attached hydrogens (tertiary/aromatic N) is 1. The minimum Gasteiger partial charge on any atom is -0.457 e. The van der Waals surface area contributed by atoms with Crippen LogP contribution < -0.4 is 5.32 Å². The molecule has 29 heavy (non-hydrogen) atoms. The zero-order chi connectivity index (χ0) is 20.2. The lowest BCUT2D eigenvalue weighted by molar-refractivity contribution is -0.112. The fourth-order valence-electron chi connectivity index (χ4n) is 2.96. The maximum Gasteiger partial charge on any atom is 0.266 e. The van der Waals surface area contributed by atoms with E-state index in [0.29, 0.717) is 17.2 Å². The number of carbonyl (C=O) groups is 1. The van der Waals surface area contributed by atoms with Crippen LogP contribution in [0.5, 0.6) is 0 Å². The summed E-state index contributed by atoms with van der Waals surface area (Å²) in [5.41, 5.74) is 1.51. The van der Waals surface area contributed by atoms with E-state index in [4.69, 9.17) is 4.42 Å². The number of halogens is 1. The number of benzene rings is 3. The van der Waals surface area contributed by atoms with E-state index in [0.717, 1.165) is 20.8 Å². The number of amides is 1. The molecule has 0 saturated carbocycles. The first-order valence-electron chi connectivity index (χ1n) is 8.90. The monoisotopic (exact) mass is 442 g/mol. The third-order valence-corrected chi connectivity index (χ3v) is 4.94. The van der Waals surface area contributed by atoms with Crippen LogP contribution in [0.15, 0.2) is 93.3 Å². The highest BCUT2D eigenvalue weighted by Gasteiger charge is 2.12. The van der Waals surface area contributed by atoms with Crippen LogP contribution in [0.25, 0.3) is 28.2 Å². The van der Waals surface area contributed by atoms with Crippen LogP contribution in [0, 0.1) is 11.3 Å². The van der Waals surface area contributed by atoms with Crippen LogP contribution in [0.4, 0.5) is 5.69 Å². The second-order valence-corrected chi connectivity index (χ2v) is 7.31. The van der Waals surface area contributed by atoms with Crippen molar-refractivity contribution in [1.29, 1.82) is 5.26 Å². The molecule has 0 unspecified atom stereocenters. The van der Waals surface area contributed by atoms with Gasteiger partial charge in [-0.3, -0.25) is 4.79 Å². The van der Waals surface area contributed by atoms with Crippen molar-refractivity contribution in [2.24, 2.45) is 0 Å². The molecule has 1 amide bonds. The van der Waals surface area contributed by atoms with Gasteiger partial charge in [0.2, 0.25) is 0 Å². The molecular formula is C24H15BrN2O2. The molecule has 0 spiro atoms. The highest BCUT2D eigenvalue weighted by molar-refractivity contribution is 9.10. The van der Waals surface area contributed by atoms with Crippen LogP contribution >= 0.6 is 15.9 Å². The number of hydrogen-bond donors (Lipinski definition) is 1. The highest BCUT2D eigenvalue weighted by atomic mass is 79.9. The summed E-state index contributed by atoms with van der Waals surface area (Å²) < 4.78 is 6.75. The number of furan rings is 1. The number of fused-ring (bicyclic) bond motifs is 1. The van der Waals surface area contributed by atoms with Crippen LogP contribution in [-0.4, -0.2) is 5.91 Å². The molecule has 4 rings (SSSR count). The Balaban J connectivity index is 1.54. The van der Waals surface area contributed by atoms with Gasteiger partial charge in [-0.1, -0.05) is 58.4 Å². The van der Waals surface area contributed by atoms with Crippen LogP contribution in [-0.2, 0) is 4.79 Å². The summed E-state index contributed by atoms with van der Waals surface area (Å²) in [6.45, 7) is 0. The largest absolute Gasteiger partial charge is 0.457 e. The predicted octanol–water partition coefficient (Wildman–Crippen LogP) is 6.41. The molecule has 0 aliphatic rings. The Morgan fingerprint density at radius 1 is 0.966 bits per heavy atom. The van der Waals surface area contributed by atoms with E-state index in [-0.39, 0.29) is 5.57 Å². The Bertz CT molecular complexity index is 1260. The molecule has 4 nitrogen and oxygen atoms in total. The summed E-state index contributed by atoms with van der Waals surface area (Å²) in [6, 6.07) is 26.7. The highest BCUT2D eigenvalue weighted by Crippen LogP contribution is 2.25. The van der Waals surface area contributed by atoms with Gasteiger partial charge < -0.3 is 9.73 Å². The molecule has 1 heterocycles. The zero-order valence-electron chi connectivity index (χ0n) is 15.2. The Hall–Kier alpha value is -3.62. The Morgan fingerprint density at radius 2 is 1.72 bits per heavy atom. The molecule has 0 radical (unpaired) electrons. The summed E-state index contributed by atoms with van der Waals surface area (Å²) in [7, 11) is 0. The molecule has 0 bridgehead atoms. The van der Waals surface area contributed by atoms with E-state index in [9.17, 15) is 10.1 Å². The number of carbonyl (C=O) groups excluding carboxylic acids is 1. The quantitative estimate of drug-likeness (QED) is 0.293. The fourth-order valence-corrected chi connectivity index (χ4v) is 3.22. The summed E-state index contributed by atoms with van der Waals surface area (Å²) in [4.78, 5) is 12.5. The van der Waals surface area contributed by atoms with E-state index >= 15 is 0 Å². The standard InChI is InChI=1S/C24H15BrN2O2/c25-20-8-5-17(6-9-20)23-12-11-22(29-23)14-19(15-26)24(28)27-21-10-7-16-3-1-2-4-18(16)13-21/h1-14H,(H,27,28)/b19-14+. The molecule has 0 fully saturated rings. The second kappa shape index (κ2) is 8.17. The van der Waals surface area contributed by atoms with Gasteiger partial charge in [0.05, 0.1) is 0 Å². The van der Waals surface area contributed by atoms with Gasteiger partial charge in [-0.05, 0) is 47.2 Å². The van der Waals surface area contributed by atoms with Crippen molar-refractivity contribution in [3.8, 4) is 17.4 Å². The summed E-state index contributed by atoms with van der Waals surface area (Å²) in [5, 5.41) is 14.3. The van der Waals surface area contributed by atoms with Crippen molar-refractivity contribution in [3.05, 3.63) is 94.7 Å². The summed E-state index contributed by atoms with van der Waals surface area (Å²) >= 11 is 3.40. The van der Waals surface area contributed by atoms with Crippen molar-refractivity contribution >= 4 is 44.4 Å². The van der Waals surface area contributed by atoms with Gasteiger partial charge in [0, 0.05) is 21.8 Å². The van der Waals surface area contributed by atoms with E-state index in [2.05, 4.69) is 21.2 Å². The molecular weight excluding hydrogens is 428 g/mol. The van der Waals surface area contributed by atoms with Gasteiger partial charge in [-0.15, -0.1) is 0 Å². The summed E-state index contributed by atoms with van der Waals surface area (Å²) in [6.07, 6.45) is 1.44. The number of hydrogen-bond acceptors (Lipinski definition) is 3. The maximum atomic E-state index is 12.5. The first kappa shape index (κ1) is 18.7. The number of rotatable bonds is 4. The van der Waals surface area contributed by atoms with Gasteiger partial charge in [0.25, 0.3) is 5.91 Å². The minimum absolute atomic E-state index is 0.0325. The minimum atomic E-state index is -0.482. The maximum absolute atomic E-state index is 12.5. The Morgan fingerprint density at radius 3 is 2.48 bits per heavy atom. The van der Waals surface area contributed by atoms with Gasteiger partial charge in [0.1, 0.15) is 23.2 Å². The smallest absolute Gasteiger partial charge is 0.266 e. The van der Waals surface area contributed by atoms with E-state index in [1.54, 1.807) is 6.07 Å². The van der Waals surface area contributed by atoms with Crippen LogP contribution in [0.2, 0.25) is 0 Å². The average Bonchev–Trinajstić information content (AvgIpc) is 3.21. The molecule has 5 heteroatoms. The lowest BCUT2D eigenvalue weighted by atomic mass is 10.1. The third-order valence-electron chi connectivity index (χ3n) is 4.41. The van der Waals surface area contributed by atoms with Crippen molar-refractivity contribution in [2.75, 3.05) is 5.32 Å². The van der Waals surface area contributed by atoms with Gasteiger partial charge >= 0.3 is 0 Å². The van der Waals surface area contributed by atoms with Crippen LogP contribution in [0.3, 0.4) is 0 Å². The molecule has 140 valence electrons.